The first-order valence-electron chi connectivity index (χ1n) is 7.45. The molecule has 2 amide bonds. The summed E-state index contributed by atoms with van der Waals surface area (Å²) in [6, 6.07) is 9.41. The Morgan fingerprint density at radius 2 is 2.14 bits per heavy atom. The molecular formula is C16H22N2O4. The van der Waals surface area contributed by atoms with Crippen molar-refractivity contribution in [2.24, 2.45) is 0 Å². The molecule has 1 heterocycles. The first kappa shape index (κ1) is 16.3. The number of amides is 2. The molecule has 1 saturated heterocycles. The van der Waals surface area contributed by atoms with E-state index in [-0.39, 0.29) is 25.2 Å². The summed E-state index contributed by atoms with van der Waals surface area (Å²) in [6.07, 6.45) is 1.58. The van der Waals surface area contributed by atoms with Crippen LogP contribution in [0.15, 0.2) is 30.3 Å². The number of rotatable bonds is 6. The van der Waals surface area contributed by atoms with Crippen LogP contribution in [0.1, 0.15) is 18.4 Å². The number of ether oxygens (including phenoxy) is 2. The van der Waals surface area contributed by atoms with Gasteiger partial charge in [-0.1, -0.05) is 30.3 Å². The quantitative estimate of drug-likeness (QED) is 0.866. The largest absolute Gasteiger partial charge is 0.445 e. The molecule has 0 bridgehead atoms. The zero-order chi connectivity index (χ0) is 15.8. The lowest BCUT2D eigenvalue weighted by atomic mass is 10.2. The molecule has 1 N–H and O–H groups in total. The van der Waals surface area contributed by atoms with Gasteiger partial charge in [-0.05, 0) is 18.4 Å². The summed E-state index contributed by atoms with van der Waals surface area (Å²) in [5, 5.41) is 2.77. The Labute approximate surface area is 130 Å². The number of hydrogen-bond donors (Lipinski definition) is 1. The second kappa shape index (κ2) is 8.38. The molecule has 1 aliphatic rings. The molecule has 1 atom stereocenters. The van der Waals surface area contributed by atoms with Crippen molar-refractivity contribution in [3.05, 3.63) is 35.9 Å². The van der Waals surface area contributed by atoms with Crippen molar-refractivity contribution < 1.29 is 19.1 Å². The van der Waals surface area contributed by atoms with E-state index in [2.05, 4.69) is 5.32 Å². The Morgan fingerprint density at radius 1 is 1.36 bits per heavy atom. The van der Waals surface area contributed by atoms with E-state index in [1.807, 2.05) is 30.3 Å². The molecule has 0 spiro atoms. The fourth-order valence-electron chi connectivity index (χ4n) is 2.20. The standard InChI is InChI=1S/C16H22N2O4/c1-18(11-15(19)17-10-14-8-5-9-21-14)16(20)22-12-13-6-3-2-4-7-13/h2-4,6-7,14H,5,8-12H2,1H3,(H,17,19)/t14-/m1/s1. The SMILES string of the molecule is CN(CC(=O)NC[C@H]1CCCO1)C(=O)OCc1ccccc1. The number of carbonyl (C=O) groups excluding carboxylic acids is 2. The number of likely N-dealkylation sites (N-methyl/N-ethyl adjacent to an activating group) is 1. The molecule has 2 rings (SSSR count). The molecule has 0 saturated carbocycles. The van der Waals surface area contributed by atoms with Crippen molar-refractivity contribution in [1.82, 2.24) is 10.2 Å². The first-order valence-corrected chi connectivity index (χ1v) is 7.45. The number of hydrogen-bond acceptors (Lipinski definition) is 4. The Hall–Kier alpha value is -2.08. The van der Waals surface area contributed by atoms with Crippen molar-refractivity contribution in [3.63, 3.8) is 0 Å². The third-order valence-electron chi connectivity index (χ3n) is 3.45. The van der Waals surface area contributed by atoms with Crippen molar-refractivity contribution in [2.75, 3.05) is 26.7 Å². The van der Waals surface area contributed by atoms with E-state index >= 15 is 0 Å². The van der Waals surface area contributed by atoms with Crippen LogP contribution in [0, 0.1) is 0 Å². The molecular weight excluding hydrogens is 284 g/mol. The molecule has 6 heteroatoms. The molecule has 120 valence electrons. The summed E-state index contributed by atoms with van der Waals surface area (Å²) in [4.78, 5) is 24.8. The minimum atomic E-state index is -0.517. The van der Waals surface area contributed by atoms with Gasteiger partial charge in [0.1, 0.15) is 13.2 Å². The smallest absolute Gasteiger partial charge is 0.410 e. The highest BCUT2D eigenvalue weighted by Crippen LogP contribution is 2.10. The summed E-state index contributed by atoms with van der Waals surface area (Å²) in [5.41, 5.74) is 0.909. The summed E-state index contributed by atoms with van der Waals surface area (Å²) < 4.78 is 10.6. The molecule has 6 nitrogen and oxygen atoms in total. The van der Waals surface area contributed by atoms with E-state index in [0.29, 0.717) is 6.54 Å². The first-order chi connectivity index (χ1) is 10.6. The van der Waals surface area contributed by atoms with Gasteiger partial charge in [-0.15, -0.1) is 0 Å². The lowest BCUT2D eigenvalue weighted by Crippen LogP contribution is -2.41. The van der Waals surface area contributed by atoms with Gasteiger partial charge in [0.15, 0.2) is 0 Å². The van der Waals surface area contributed by atoms with Crippen molar-refractivity contribution in [3.8, 4) is 0 Å². The van der Waals surface area contributed by atoms with Gasteiger partial charge in [-0.25, -0.2) is 4.79 Å². The van der Waals surface area contributed by atoms with Crippen molar-refractivity contribution >= 4 is 12.0 Å². The Kier molecular flexibility index (Phi) is 6.21. The molecule has 1 fully saturated rings. The lowest BCUT2D eigenvalue weighted by Gasteiger charge is -2.17. The highest BCUT2D eigenvalue weighted by molar-refractivity contribution is 5.82. The summed E-state index contributed by atoms with van der Waals surface area (Å²) in [7, 11) is 1.54. The number of nitrogens with zero attached hydrogens (tertiary/aromatic N) is 1. The lowest BCUT2D eigenvalue weighted by molar-refractivity contribution is -0.122. The van der Waals surface area contributed by atoms with Gasteiger partial charge in [0.05, 0.1) is 6.10 Å². The summed E-state index contributed by atoms with van der Waals surface area (Å²) in [5.74, 6) is -0.213. The fourth-order valence-corrected chi connectivity index (χ4v) is 2.20. The van der Waals surface area contributed by atoms with Crippen molar-refractivity contribution in [2.45, 2.75) is 25.6 Å². The van der Waals surface area contributed by atoms with Crippen LogP contribution in [0.4, 0.5) is 4.79 Å². The van der Waals surface area contributed by atoms with Crippen LogP contribution < -0.4 is 5.32 Å². The number of nitrogens with one attached hydrogen (secondary N) is 1. The second-order valence-electron chi connectivity index (χ2n) is 5.34. The molecule has 1 aromatic carbocycles. The molecule has 1 aliphatic heterocycles. The van der Waals surface area contributed by atoms with Gasteiger partial charge < -0.3 is 19.7 Å². The summed E-state index contributed by atoms with van der Waals surface area (Å²) in [6.45, 7) is 1.42. The van der Waals surface area contributed by atoms with Crippen LogP contribution in [-0.4, -0.2) is 49.7 Å². The average molecular weight is 306 g/mol. The van der Waals surface area contributed by atoms with Crippen molar-refractivity contribution in [1.29, 1.82) is 0 Å². The third kappa shape index (κ3) is 5.37. The topological polar surface area (TPSA) is 67.9 Å². The predicted molar refractivity (Wildman–Crippen MR) is 81.2 cm³/mol. The Morgan fingerprint density at radius 3 is 2.82 bits per heavy atom. The van der Waals surface area contributed by atoms with Gasteiger partial charge in [0.25, 0.3) is 0 Å². The van der Waals surface area contributed by atoms with Crippen LogP contribution in [0.5, 0.6) is 0 Å². The maximum Gasteiger partial charge on any atom is 0.410 e. The minimum absolute atomic E-state index is 0.0274. The van der Waals surface area contributed by atoms with E-state index in [0.717, 1.165) is 25.0 Å². The maximum absolute atomic E-state index is 11.8. The minimum Gasteiger partial charge on any atom is -0.445 e. The fraction of sp³-hybridized carbons (Fsp3) is 0.500. The third-order valence-corrected chi connectivity index (χ3v) is 3.45. The maximum atomic E-state index is 11.8. The molecule has 1 aromatic rings. The molecule has 0 aromatic heterocycles. The van der Waals surface area contributed by atoms with E-state index in [9.17, 15) is 9.59 Å². The highest BCUT2D eigenvalue weighted by atomic mass is 16.6. The Bertz CT molecular complexity index is 486. The van der Waals surface area contributed by atoms with Gasteiger partial charge in [-0.2, -0.15) is 0 Å². The van der Waals surface area contributed by atoms with E-state index in [1.165, 1.54) is 4.90 Å². The predicted octanol–water partition coefficient (Wildman–Crippen LogP) is 1.55. The van der Waals surface area contributed by atoms with E-state index in [4.69, 9.17) is 9.47 Å². The van der Waals surface area contributed by atoms with Crippen LogP contribution >= 0.6 is 0 Å². The number of benzene rings is 1. The molecule has 0 radical (unpaired) electrons. The molecule has 0 aliphatic carbocycles. The highest BCUT2D eigenvalue weighted by Gasteiger charge is 2.18. The van der Waals surface area contributed by atoms with Crippen LogP contribution in [0.2, 0.25) is 0 Å². The second-order valence-corrected chi connectivity index (χ2v) is 5.34. The monoisotopic (exact) mass is 306 g/mol. The zero-order valence-electron chi connectivity index (χ0n) is 12.8. The van der Waals surface area contributed by atoms with Gasteiger partial charge in [0, 0.05) is 20.2 Å². The van der Waals surface area contributed by atoms with Crippen LogP contribution in [-0.2, 0) is 20.9 Å². The Balaban J connectivity index is 1.65. The molecule has 0 unspecified atom stereocenters. The van der Waals surface area contributed by atoms with E-state index < -0.39 is 6.09 Å². The summed E-state index contributed by atoms with van der Waals surface area (Å²) >= 11 is 0. The number of carbonyl (C=O) groups is 2. The normalized spacial score (nSPS) is 17.0. The average Bonchev–Trinajstić information content (AvgIpc) is 3.05. The van der Waals surface area contributed by atoms with Crippen LogP contribution in [0.3, 0.4) is 0 Å². The van der Waals surface area contributed by atoms with Gasteiger partial charge >= 0.3 is 6.09 Å². The van der Waals surface area contributed by atoms with E-state index in [1.54, 1.807) is 7.05 Å². The molecule has 22 heavy (non-hydrogen) atoms. The van der Waals surface area contributed by atoms with Gasteiger partial charge in [-0.3, -0.25) is 4.79 Å². The van der Waals surface area contributed by atoms with Gasteiger partial charge in [0.2, 0.25) is 5.91 Å². The van der Waals surface area contributed by atoms with Crippen LogP contribution in [0.25, 0.3) is 0 Å². The zero-order valence-corrected chi connectivity index (χ0v) is 12.8.